The molecule has 1 heterocycles. The Morgan fingerprint density at radius 2 is 2.05 bits per heavy atom. The van der Waals surface area contributed by atoms with Gasteiger partial charge in [0.05, 0.1) is 5.02 Å². The molecule has 0 aromatic heterocycles. The van der Waals surface area contributed by atoms with Crippen molar-refractivity contribution in [2.75, 3.05) is 23.8 Å². The molecule has 2 rings (SSSR count). The zero-order valence-corrected chi connectivity index (χ0v) is 13.1. The van der Waals surface area contributed by atoms with E-state index in [1.165, 1.54) is 6.07 Å². The lowest BCUT2D eigenvalue weighted by atomic mass is 10.0. The maximum Gasteiger partial charge on any atom is 0.243 e. The van der Waals surface area contributed by atoms with Gasteiger partial charge in [0.1, 0.15) is 4.90 Å². The summed E-state index contributed by atoms with van der Waals surface area (Å²) in [5.74, 6) is 1.40. The van der Waals surface area contributed by atoms with Crippen molar-refractivity contribution >= 4 is 39.1 Å². The molecule has 0 unspecified atom stereocenters. The molecule has 112 valence electrons. The molecule has 0 spiro atoms. The van der Waals surface area contributed by atoms with Gasteiger partial charge in [-0.05, 0) is 42.4 Å². The van der Waals surface area contributed by atoms with Crippen molar-refractivity contribution < 1.29 is 12.8 Å². The summed E-state index contributed by atoms with van der Waals surface area (Å²) in [5, 5.41) is -0.292. The van der Waals surface area contributed by atoms with Crippen molar-refractivity contribution in [3.8, 4) is 0 Å². The van der Waals surface area contributed by atoms with E-state index >= 15 is 0 Å². The Morgan fingerprint density at radius 3 is 2.70 bits per heavy atom. The molecule has 3 N–H and O–H groups in total. The minimum atomic E-state index is -3.93. The van der Waals surface area contributed by atoms with Crippen LogP contribution in [0.2, 0.25) is 5.02 Å². The van der Waals surface area contributed by atoms with Crippen molar-refractivity contribution in [3.05, 3.63) is 23.0 Å². The highest BCUT2D eigenvalue weighted by molar-refractivity contribution is 7.99. The second-order valence-corrected chi connectivity index (χ2v) is 8.09. The molecule has 0 saturated carbocycles. The van der Waals surface area contributed by atoms with Crippen LogP contribution in [0.25, 0.3) is 0 Å². The van der Waals surface area contributed by atoms with Crippen LogP contribution in [0.4, 0.5) is 10.1 Å². The number of halogens is 2. The monoisotopic (exact) mass is 338 g/mol. The number of anilines is 1. The lowest BCUT2D eigenvalue weighted by Crippen LogP contribution is -2.31. The fourth-order valence-corrected chi connectivity index (χ4v) is 4.77. The van der Waals surface area contributed by atoms with E-state index in [1.807, 2.05) is 11.8 Å². The fraction of sp³-hybridized carbons (Fsp3) is 0.500. The van der Waals surface area contributed by atoms with Gasteiger partial charge < -0.3 is 5.73 Å². The van der Waals surface area contributed by atoms with Gasteiger partial charge in [-0.1, -0.05) is 11.6 Å². The van der Waals surface area contributed by atoms with E-state index in [9.17, 15) is 12.8 Å². The average Bonchev–Trinajstić information content (AvgIpc) is 2.42. The molecule has 0 atom stereocenters. The molecule has 8 heteroatoms. The van der Waals surface area contributed by atoms with Crippen LogP contribution in [0.1, 0.15) is 12.8 Å². The molecule has 0 aliphatic carbocycles. The number of hydrogen-bond acceptors (Lipinski definition) is 4. The molecular weight excluding hydrogens is 323 g/mol. The first-order valence-corrected chi connectivity index (χ1v) is 9.23. The first-order chi connectivity index (χ1) is 9.40. The SMILES string of the molecule is Nc1cc(Cl)c(F)c(S(=O)(=O)NCC2CCSCC2)c1. The van der Waals surface area contributed by atoms with Crippen LogP contribution in [-0.2, 0) is 10.0 Å². The zero-order chi connectivity index (χ0) is 14.8. The third-order valence-electron chi connectivity index (χ3n) is 3.21. The van der Waals surface area contributed by atoms with Crippen molar-refractivity contribution in [2.24, 2.45) is 5.92 Å². The van der Waals surface area contributed by atoms with Crippen LogP contribution in [0, 0.1) is 11.7 Å². The number of thioether (sulfide) groups is 1. The van der Waals surface area contributed by atoms with Crippen LogP contribution in [0.15, 0.2) is 17.0 Å². The quantitative estimate of drug-likeness (QED) is 0.827. The van der Waals surface area contributed by atoms with Gasteiger partial charge in [0.25, 0.3) is 0 Å². The van der Waals surface area contributed by atoms with Gasteiger partial charge in [-0.2, -0.15) is 11.8 Å². The molecule has 1 aromatic rings. The number of nitrogen functional groups attached to an aromatic ring is 1. The third kappa shape index (κ3) is 3.78. The Labute approximate surface area is 127 Å². The Kier molecular flexibility index (Phi) is 5.17. The molecule has 1 aromatic carbocycles. The highest BCUT2D eigenvalue weighted by Crippen LogP contribution is 2.26. The standard InChI is InChI=1S/C12H16ClFN2O2S2/c13-10-5-9(15)6-11(12(10)14)20(17,18)16-7-8-1-3-19-4-2-8/h5-6,8,16H,1-4,7,15H2. The topological polar surface area (TPSA) is 72.2 Å². The summed E-state index contributed by atoms with van der Waals surface area (Å²) in [5.41, 5.74) is 5.63. The van der Waals surface area contributed by atoms with Gasteiger partial charge in [0, 0.05) is 12.2 Å². The summed E-state index contributed by atoms with van der Waals surface area (Å²) < 4.78 is 40.5. The van der Waals surface area contributed by atoms with E-state index in [0.29, 0.717) is 12.5 Å². The maximum atomic E-state index is 13.8. The highest BCUT2D eigenvalue weighted by atomic mass is 35.5. The van der Waals surface area contributed by atoms with Gasteiger partial charge in [-0.3, -0.25) is 0 Å². The normalized spacial score (nSPS) is 17.3. The average molecular weight is 339 g/mol. The Bertz CT molecular complexity index is 589. The Hall–Kier alpha value is -0.500. The lowest BCUT2D eigenvalue weighted by Gasteiger charge is -2.21. The van der Waals surface area contributed by atoms with Gasteiger partial charge in [0.15, 0.2) is 5.82 Å². The summed E-state index contributed by atoms with van der Waals surface area (Å²) in [7, 11) is -3.93. The number of sulfonamides is 1. The van der Waals surface area contributed by atoms with Gasteiger partial charge >= 0.3 is 0 Å². The number of rotatable bonds is 4. The number of nitrogens with two attached hydrogens (primary N) is 1. The molecule has 0 amide bonds. The van der Waals surface area contributed by atoms with E-state index < -0.39 is 20.7 Å². The predicted molar refractivity (Wildman–Crippen MR) is 81.1 cm³/mol. The maximum absolute atomic E-state index is 13.8. The first kappa shape index (κ1) is 15.9. The summed E-state index contributed by atoms with van der Waals surface area (Å²) in [6, 6.07) is 2.27. The Morgan fingerprint density at radius 1 is 1.40 bits per heavy atom. The Balaban J connectivity index is 2.14. The molecular formula is C12H16ClFN2O2S2. The molecule has 0 radical (unpaired) electrons. The fourth-order valence-electron chi connectivity index (χ4n) is 2.04. The van der Waals surface area contributed by atoms with Crippen LogP contribution >= 0.6 is 23.4 Å². The molecule has 1 aliphatic heterocycles. The number of hydrogen-bond donors (Lipinski definition) is 2. The van der Waals surface area contributed by atoms with Gasteiger partial charge in [-0.15, -0.1) is 0 Å². The smallest absolute Gasteiger partial charge is 0.243 e. The van der Waals surface area contributed by atoms with Crippen LogP contribution in [-0.4, -0.2) is 26.5 Å². The zero-order valence-electron chi connectivity index (χ0n) is 10.7. The van der Waals surface area contributed by atoms with Crippen molar-refractivity contribution in [1.29, 1.82) is 0 Å². The van der Waals surface area contributed by atoms with Gasteiger partial charge in [-0.25, -0.2) is 17.5 Å². The van der Waals surface area contributed by atoms with E-state index in [-0.39, 0.29) is 10.7 Å². The second-order valence-electron chi connectivity index (χ2n) is 4.72. The summed E-state index contributed by atoms with van der Waals surface area (Å²) in [6.07, 6.45) is 1.93. The van der Waals surface area contributed by atoms with Crippen molar-refractivity contribution in [2.45, 2.75) is 17.7 Å². The van der Waals surface area contributed by atoms with Crippen LogP contribution < -0.4 is 10.5 Å². The lowest BCUT2D eigenvalue weighted by molar-refractivity contribution is 0.475. The molecule has 20 heavy (non-hydrogen) atoms. The van der Waals surface area contributed by atoms with Crippen molar-refractivity contribution in [3.63, 3.8) is 0 Å². The van der Waals surface area contributed by atoms with Crippen LogP contribution in [0.5, 0.6) is 0 Å². The predicted octanol–water partition coefficient (Wildman–Crippen LogP) is 2.48. The molecule has 1 saturated heterocycles. The van der Waals surface area contributed by atoms with E-state index in [4.69, 9.17) is 17.3 Å². The third-order valence-corrected chi connectivity index (χ3v) is 5.96. The second kappa shape index (κ2) is 6.51. The highest BCUT2D eigenvalue weighted by Gasteiger charge is 2.23. The molecule has 4 nitrogen and oxygen atoms in total. The molecule has 1 aliphatic rings. The molecule has 1 fully saturated rings. The minimum absolute atomic E-state index is 0.117. The number of nitrogens with one attached hydrogen (secondary N) is 1. The first-order valence-electron chi connectivity index (χ1n) is 6.22. The summed E-state index contributed by atoms with van der Waals surface area (Å²) in [6.45, 7) is 0.314. The summed E-state index contributed by atoms with van der Waals surface area (Å²) in [4.78, 5) is -0.493. The van der Waals surface area contributed by atoms with Gasteiger partial charge in [0.2, 0.25) is 10.0 Å². The van der Waals surface area contributed by atoms with Crippen LogP contribution in [0.3, 0.4) is 0 Å². The van der Waals surface area contributed by atoms with E-state index in [1.54, 1.807) is 0 Å². The number of benzene rings is 1. The minimum Gasteiger partial charge on any atom is -0.399 e. The largest absolute Gasteiger partial charge is 0.399 e. The van der Waals surface area contributed by atoms with E-state index in [0.717, 1.165) is 30.4 Å². The van der Waals surface area contributed by atoms with E-state index in [2.05, 4.69) is 4.72 Å². The molecule has 0 bridgehead atoms. The summed E-state index contributed by atoms with van der Waals surface area (Å²) >= 11 is 7.49. The van der Waals surface area contributed by atoms with Crippen molar-refractivity contribution in [1.82, 2.24) is 4.72 Å².